The summed E-state index contributed by atoms with van der Waals surface area (Å²) in [5.74, 6) is 6.60. The van der Waals surface area contributed by atoms with Crippen molar-refractivity contribution in [3.8, 4) is 17.5 Å². The molecule has 4 aromatic carbocycles. The average Bonchev–Trinajstić information content (AvgIpc) is 3.08. The zero-order valence-corrected chi connectivity index (χ0v) is 16.6. The van der Waals surface area contributed by atoms with Crippen molar-refractivity contribution in [3.05, 3.63) is 113 Å². The van der Waals surface area contributed by atoms with E-state index in [9.17, 15) is 0 Å². The highest BCUT2D eigenvalue weighted by Gasteiger charge is 2.11. The lowest BCUT2D eigenvalue weighted by molar-refractivity contribution is 1.18. The molecule has 0 aliphatic rings. The molecule has 28 heavy (non-hydrogen) atoms. The summed E-state index contributed by atoms with van der Waals surface area (Å²) < 4.78 is 3.33. The third-order valence-electron chi connectivity index (χ3n) is 4.90. The van der Waals surface area contributed by atoms with Crippen LogP contribution in [0.3, 0.4) is 0 Å². The van der Waals surface area contributed by atoms with Gasteiger partial charge in [-0.15, -0.1) is 0 Å². The zero-order chi connectivity index (χ0) is 18.9. The summed E-state index contributed by atoms with van der Waals surface area (Å²) in [7, 11) is 0. The predicted octanol–water partition coefficient (Wildman–Crippen LogP) is 6.95. The quantitative estimate of drug-likeness (QED) is 0.258. The molecule has 0 aliphatic carbocycles. The third-order valence-corrected chi connectivity index (χ3v) is 5.59. The van der Waals surface area contributed by atoms with E-state index in [2.05, 4.69) is 99.1 Å². The Morgan fingerprint density at radius 1 is 0.607 bits per heavy atom. The molecule has 2 heteroatoms. The Bertz CT molecular complexity index is 1370. The first-order chi connectivity index (χ1) is 13.8. The van der Waals surface area contributed by atoms with Crippen LogP contribution in [0.4, 0.5) is 0 Å². The number of rotatable bonds is 1. The van der Waals surface area contributed by atoms with Crippen LogP contribution in [0, 0.1) is 11.8 Å². The molecular formula is C26H16BrN. The van der Waals surface area contributed by atoms with E-state index in [0.29, 0.717) is 0 Å². The number of hydrogen-bond donors (Lipinski definition) is 0. The molecule has 0 radical (unpaired) electrons. The minimum Gasteiger partial charge on any atom is -0.309 e. The summed E-state index contributed by atoms with van der Waals surface area (Å²) in [6, 6.07) is 33.6. The smallest absolute Gasteiger partial charge is 0.0541 e. The van der Waals surface area contributed by atoms with Crippen molar-refractivity contribution < 1.29 is 0 Å². The van der Waals surface area contributed by atoms with E-state index >= 15 is 0 Å². The Morgan fingerprint density at radius 3 is 2.18 bits per heavy atom. The van der Waals surface area contributed by atoms with Gasteiger partial charge < -0.3 is 4.57 Å². The van der Waals surface area contributed by atoms with Gasteiger partial charge in [-0.2, -0.15) is 0 Å². The van der Waals surface area contributed by atoms with Crippen LogP contribution in [-0.2, 0) is 0 Å². The Hall–Kier alpha value is -3.28. The molecule has 0 saturated carbocycles. The lowest BCUT2D eigenvalue weighted by Crippen LogP contribution is -1.92. The highest BCUT2D eigenvalue weighted by atomic mass is 79.9. The van der Waals surface area contributed by atoms with Crippen LogP contribution < -0.4 is 0 Å². The van der Waals surface area contributed by atoms with E-state index in [1.54, 1.807) is 0 Å². The summed E-state index contributed by atoms with van der Waals surface area (Å²) >= 11 is 3.57. The van der Waals surface area contributed by atoms with Crippen LogP contribution in [-0.4, -0.2) is 4.57 Å². The Kier molecular flexibility index (Phi) is 4.24. The number of benzene rings is 4. The summed E-state index contributed by atoms with van der Waals surface area (Å²) in [6.07, 6.45) is 0. The lowest BCUT2D eigenvalue weighted by atomic mass is 10.1. The maximum atomic E-state index is 3.57. The number of para-hydroxylation sites is 2. The van der Waals surface area contributed by atoms with Gasteiger partial charge in [0.05, 0.1) is 11.0 Å². The maximum Gasteiger partial charge on any atom is 0.0541 e. The van der Waals surface area contributed by atoms with Gasteiger partial charge in [-0.1, -0.05) is 60.4 Å². The minimum atomic E-state index is 0.995. The van der Waals surface area contributed by atoms with Gasteiger partial charge in [0.1, 0.15) is 0 Å². The molecule has 0 amide bonds. The second kappa shape index (κ2) is 7.03. The van der Waals surface area contributed by atoms with Crippen molar-refractivity contribution in [2.75, 3.05) is 0 Å². The number of aromatic nitrogens is 1. The molecule has 0 saturated heterocycles. The molecule has 0 fully saturated rings. The molecule has 0 bridgehead atoms. The monoisotopic (exact) mass is 421 g/mol. The second-order valence-electron chi connectivity index (χ2n) is 6.65. The fourth-order valence-electron chi connectivity index (χ4n) is 3.61. The molecule has 1 nitrogen and oxygen atoms in total. The lowest BCUT2D eigenvalue weighted by Gasteiger charge is -2.07. The van der Waals surface area contributed by atoms with E-state index in [0.717, 1.165) is 15.6 Å². The normalized spacial score (nSPS) is 10.8. The molecule has 0 aliphatic heterocycles. The Labute approximate surface area is 172 Å². The van der Waals surface area contributed by atoms with Crippen molar-refractivity contribution in [2.45, 2.75) is 0 Å². The maximum absolute atomic E-state index is 3.57. The molecule has 5 rings (SSSR count). The molecule has 5 aromatic rings. The standard InChI is InChI=1S/C26H16BrN/c27-24-12-6-4-8-20(24)16-14-19-15-17-26-23(18-19)22-11-5-7-13-25(22)28(26)21-9-2-1-3-10-21/h1-13,15,17-18H. The highest BCUT2D eigenvalue weighted by Crippen LogP contribution is 2.32. The van der Waals surface area contributed by atoms with Crippen LogP contribution >= 0.6 is 15.9 Å². The van der Waals surface area contributed by atoms with Gasteiger partial charge in [-0.3, -0.25) is 0 Å². The first-order valence-electron chi connectivity index (χ1n) is 9.16. The van der Waals surface area contributed by atoms with E-state index in [4.69, 9.17) is 0 Å². The van der Waals surface area contributed by atoms with Gasteiger partial charge in [0.25, 0.3) is 0 Å². The molecular weight excluding hydrogens is 406 g/mol. The topological polar surface area (TPSA) is 4.93 Å². The Balaban J connectivity index is 1.72. The van der Waals surface area contributed by atoms with Crippen molar-refractivity contribution in [3.63, 3.8) is 0 Å². The summed E-state index contributed by atoms with van der Waals surface area (Å²) in [6.45, 7) is 0. The first-order valence-corrected chi connectivity index (χ1v) is 9.96. The molecule has 0 spiro atoms. The number of hydrogen-bond acceptors (Lipinski definition) is 0. The summed E-state index contributed by atoms with van der Waals surface area (Å²) in [4.78, 5) is 0. The third kappa shape index (κ3) is 2.91. The molecule has 0 unspecified atom stereocenters. The van der Waals surface area contributed by atoms with Gasteiger partial charge in [-0.25, -0.2) is 0 Å². The van der Waals surface area contributed by atoms with Gasteiger partial charge >= 0.3 is 0 Å². The minimum absolute atomic E-state index is 0.995. The fourth-order valence-corrected chi connectivity index (χ4v) is 3.99. The van der Waals surface area contributed by atoms with Gasteiger partial charge in [0, 0.05) is 32.1 Å². The molecule has 0 N–H and O–H groups in total. The van der Waals surface area contributed by atoms with Crippen molar-refractivity contribution >= 4 is 37.7 Å². The SMILES string of the molecule is Brc1ccccc1C#Cc1ccc2c(c1)c1ccccc1n2-c1ccccc1. The van der Waals surface area contributed by atoms with E-state index in [-0.39, 0.29) is 0 Å². The van der Waals surface area contributed by atoms with Crippen LogP contribution in [0.2, 0.25) is 0 Å². The van der Waals surface area contributed by atoms with Crippen molar-refractivity contribution in [1.82, 2.24) is 4.57 Å². The predicted molar refractivity (Wildman–Crippen MR) is 121 cm³/mol. The molecule has 1 heterocycles. The first kappa shape index (κ1) is 16.9. The van der Waals surface area contributed by atoms with Gasteiger partial charge in [0.15, 0.2) is 0 Å². The van der Waals surface area contributed by atoms with E-state index < -0.39 is 0 Å². The fraction of sp³-hybridized carbons (Fsp3) is 0. The summed E-state index contributed by atoms with van der Waals surface area (Å²) in [5, 5.41) is 2.46. The number of nitrogens with zero attached hydrogens (tertiary/aromatic N) is 1. The van der Waals surface area contributed by atoms with Crippen LogP contribution in [0.5, 0.6) is 0 Å². The second-order valence-corrected chi connectivity index (χ2v) is 7.50. The van der Waals surface area contributed by atoms with Gasteiger partial charge in [0.2, 0.25) is 0 Å². The average molecular weight is 422 g/mol. The Morgan fingerprint density at radius 2 is 1.32 bits per heavy atom. The van der Waals surface area contributed by atoms with Crippen LogP contribution in [0.1, 0.15) is 11.1 Å². The number of halogens is 1. The summed E-state index contributed by atoms with van der Waals surface area (Å²) in [5.41, 5.74) is 5.58. The largest absolute Gasteiger partial charge is 0.309 e. The van der Waals surface area contributed by atoms with Gasteiger partial charge in [-0.05, 0) is 64.5 Å². The van der Waals surface area contributed by atoms with Crippen LogP contribution in [0.25, 0.3) is 27.5 Å². The van der Waals surface area contributed by atoms with Crippen molar-refractivity contribution in [2.24, 2.45) is 0 Å². The number of fused-ring (bicyclic) bond motifs is 3. The van der Waals surface area contributed by atoms with Crippen molar-refractivity contribution in [1.29, 1.82) is 0 Å². The van der Waals surface area contributed by atoms with Crippen LogP contribution in [0.15, 0.2) is 102 Å². The highest BCUT2D eigenvalue weighted by molar-refractivity contribution is 9.10. The van der Waals surface area contributed by atoms with E-state index in [1.807, 2.05) is 30.3 Å². The molecule has 1 aromatic heterocycles. The van der Waals surface area contributed by atoms with E-state index in [1.165, 1.54) is 27.5 Å². The molecule has 0 atom stereocenters. The molecule has 132 valence electrons. The zero-order valence-electron chi connectivity index (χ0n) is 15.1.